The van der Waals surface area contributed by atoms with Crippen LogP contribution < -0.4 is 5.32 Å². The molecule has 1 aromatic carbocycles. The highest BCUT2D eigenvalue weighted by atomic mass is 32.2. The molecule has 2 amide bonds. The molecule has 1 fully saturated rings. The van der Waals surface area contributed by atoms with E-state index in [0.29, 0.717) is 12.0 Å². The Balaban J connectivity index is 1.67. The third-order valence-electron chi connectivity index (χ3n) is 4.22. The lowest BCUT2D eigenvalue weighted by atomic mass is 10.1. The Morgan fingerprint density at radius 2 is 2.16 bits per heavy atom. The van der Waals surface area contributed by atoms with Gasteiger partial charge in [-0.2, -0.15) is 5.10 Å². The summed E-state index contributed by atoms with van der Waals surface area (Å²) in [5.74, 6) is -1.20. The maximum Gasteiger partial charge on any atom is 0.267 e. The Morgan fingerprint density at radius 3 is 2.84 bits per heavy atom. The first-order valence-electron chi connectivity index (χ1n) is 7.97. The van der Waals surface area contributed by atoms with E-state index in [1.807, 2.05) is 0 Å². The van der Waals surface area contributed by atoms with Gasteiger partial charge in [0.2, 0.25) is 5.91 Å². The number of benzene rings is 1. The molecule has 0 saturated carbocycles. The van der Waals surface area contributed by atoms with Crippen LogP contribution in [0.25, 0.3) is 0 Å². The molecule has 0 bridgehead atoms. The smallest absolute Gasteiger partial charge is 0.267 e. The molecule has 2 heterocycles. The van der Waals surface area contributed by atoms with Crippen LogP contribution in [-0.2, 0) is 26.0 Å². The summed E-state index contributed by atoms with van der Waals surface area (Å²) in [5.41, 5.74) is 0.792. The van der Waals surface area contributed by atoms with Gasteiger partial charge in [-0.15, -0.1) is 0 Å². The minimum atomic E-state index is -3.16. The van der Waals surface area contributed by atoms with Crippen LogP contribution in [0.1, 0.15) is 24.8 Å². The van der Waals surface area contributed by atoms with Crippen molar-refractivity contribution in [3.8, 4) is 0 Å². The van der Waals surface area contributed by atoms with Crippen molar-refractivity contribution in [3.05, 3.63) is 35.6 Å². The highest BCUT2D eigenvalue weighted by Gasteiger charge is 2.37. The quantitative estimate of drug-likeness (QED) is 0.843. The number of hydrazone groups is 1. The summed E-state index contributed by atoms with van der Waals surface area (Å²) in [6.45, 7) is 0.140. The van der Waals surface area contributed by atoms with Crippen molar-refractivity contribution in [2.45, 2.75) is 31.8 Å². The number of hydrogen-bond donors (Lipinski definition) is 1. The number of halogens is 1. The van der Waals surface area contributed by atoms with Gasteiger partial charge in [0.1, 0.15) is 11.5 Å². The molecular weight excluding hydrogens is 349 g/mol. The van der Waals surface area contributed by atoms with Crippen molar-refractivity contribution >= 4 is 27.4 Å². The number of carbonyl (C=O) groups excluding carboxylic acids is 2. The van der Waals surface area contributed by atoms with Crippen molar-refractivity contribution in [2.75, 3.05) is 11.5 Å². The van der Waals surface area contributed by atoms with Gasteiger partial charge in [-0.1, -0.05) is 12.1 Å². The largest absolute Gasteiger partial charge is 0.347 e. The summed E-state index contributed by atoms with van der Waals surface area (Å²) in [6, 6.07) is 5.36. The van der Waals surface area contributed by atoms with Crippen LogP contribution in [0, 0.1) is 5.82 Å². The minimum absolute atomic E-state index is 0.0259. The zero-order valence-corrected chi connectivity index (χ0v) is 14.3. The van der Waals surface area contributed by atoms with E-state index in [4.69, 9.17) is 0 Å². The first kappa shape index (κ1) is 17.5. The van der Waals surface area contributed by atoms with Gasteiger partial charge in [0.05, 0.1) is 17.5 Å². The van der Waals surface area contributed by atoms with Gasteiger partial charge in [-0.25, -0.2) is 17.8 Å². The second kappa shape index (κ2) is 6.91. The second-order valence-corrected chi connectivity index (χ2v) is 8.38. The number of hydrogen-bond acceptors (Lipinski definition) is 5. The molecule has 2 aliphatic rings. The van der Waals surface area contributed by atoms with Crippen LogP contribution in [0.5, 0.6) is 0 Å². The van der Waals surface area contributed by atoms with Crippen molar-refractivity contribution in [1.82, 2.24) is 10.3 Å². The van der Waals surface area contributed by atoms with E-state index in [1.54, 1.807) is 12.1 Å². The van der Waals surface area contributed by atoms with Gasteiger partial charge < -0.3 is 5.32 Å². The maximum atomic E-state index is 13.1. The monoisotopic (exact) mass is 367 g/mol. The molecule has 0 aliphatic carbocycles. The number of sulfone groups is 1. The fraction of sp³-hybridized carbons (Fsp3) is 0.438. The summed E-state index contributed by atoms with van der Waals surface area (Å²) in [5, 5.41) is 7.88. The van der Waals surface area contributed by atoms with Gasteiger partial charge in [0.25, 0.3) is 5.91 Å². The summed E-state index contributed by atoms with van der Waals surface area (Å²) in [4.78, 5) is 24.3. The van der Waals surface area contributed by atoms with Gasteiger partial charge in [-0.3, -0.25) is 9.59 Å². The first-order valence-corrected chi connectivity index (χ1v) is 9.79. The molecule has 3 rings (SSSR count). The molecule has 1 aromatic rings. The Morgan fingerprint density at radius 1 is 1.36 bits per heavy atom. The Hall–Kier alpha value is -2.29. The molecule has 0 radical (unpaired) electrons. The van der Waals surface area contributed by atoms with Crippen molar-refractivity contribution in [2.24, 2.45) is 5.10 Å². The Bertz CT molecular complexity index is 838. The van der Waals surface area contributed by atoms with Crippen LogP contribution in [0.15, 0.2) is 29.4 Å². The number of nitrogens with zero attached hydrogens (tertiary/aromatic N) is 2. The van der Waals surface area contributed by atoms with Crippen LogP contribution in [0.4, 0.5) is 4.39 Å². The molecule has 9 heteroatoms. The molecule has 2 aliphatic heterocycles. The number of carbonyl (C=O) groups is 2. The number of amides is 2. The van der Waals surface area contributed by atoms with E-state index in [-0.39, 0.29) is 48.3 Å². The Labute approximate surface area is 144 Å². The van der Waals surface area contributed by atoms with E-state index < -0.39 is 21.8 Å². The third-order valence-corrected chi connectivity index (χ3v) is 5.97. The van der Waals surface area contributed by atoms with Gasteiger partial charge in [0.15, 0.2) is 9.84 Å². The van der Waals surface area contributed by atoms with E-state index in [1.165, 1.54) is 12.1 Å². The lowest BCUT2D eigenvalue weighted by Crippen LogP contribution is -2.43. The predicted octanol–water partition coefficient (Wildman–Crippen LogP) is 0.607. The lowest BCUT2D eigenvalue weighted by molar-refractivity contribution is -0.133. The molecule has 0 spiro atoms. The molecule has 0 unspecified atom stereocenters. The molecule has 134 valence electrons. The number of rotatable bonds is 4. The number of nitrogens with one attached hydrogen (secondary N) is 1. The molecule has 1 saturated heterocycles. The highest BCUT2D eigenvalue weighted by molar-refractivity contribution is 7.91. The SMILES string of the molecule is O=C(NCc1cccc(F)c1)C1=NN([C@@H]2CCS(=O)(=O)C2)C(=O)CC1. The standard InChI is InChI=1S/C16H18FN3O4S/c17-12-3-1-2-11(8-12)9-18-16(22)14-4-5-15(21)20(19-14)13-6-7-25(23,24)10-13/h1-3,8,13H,4-7,9-10H2,(H,18,22)/t13-/m1/s1. The second-order valence-electron chi connectivity index (χ2n) is 6.15. The summed E-state index contributed by atoms with van der Waals surface area (Å²) in [7, 11) is -3.16. The zero-order valence-electron chi connectivity index (χ0n) is 13.4. The average molecular weight is 367 g/mol. The minimum Gasteiger partial charge on any atom is -0.347 e. The lowest BCUT2D eigenvalue weighted by Gasteiger charge is -2.27. The zero-order chi connectivity index (χ0) is 18.0. The van der Waals surface area contributed by atoms with Crippen LogP contribution >= 0.6 is 0 Å². The molecule has 7 nitrogen and oxygen atoms in total. The van der Waals surface area contributed by atoms with Crippen LogP contribution in [0.2, 0.25) is 0 Å². The van der Waals surface area contributed by atoms with E-state index in [2.05, 4.69) is 10.4 Å². The van der Waals surface area contributed by atoms with Crippen LogP contribution in [0.3, 0.4) is 0 Å². The molecule has 1 atom stereocenters. The average Bonchev–Trinajstić information content (AvgIpc) is 2.93. The van der Waals surface area contributed by atoms with Crippen molar-refractivity contribution in [1.29, 1.82) is 0 Å². The van der Waals surface area contributed by atoms with Crippen molar-refractivity contribution < 1.29 is 22.4 Å². The summed E-state index contributed by atoms with van der Waals surface area (Å²) >= 11 is 0. The highest BCUT2D eigenvalue weighted by Crippen LogP contribution is 2.22. The third kappa shape index (κ3) is 4.22. The van der Waals surface area contributed by atoms with E-state index in [0.717, 1.165) is 5.01 Å². The molecule has 1 N–H and O–H groups in total. The molecule has 25 heavy (non-hydrogen) atoms. The molecular formula is C16H18FN3O4S. The van der Waals surface area contributed by atoms with E-state index >= 15 is 0 Å². The topological polar surface area (TPSA) is 95.9 Å². The van der Waals surface area contributed by atoms with Gasteiger partial charge in [-0.05, 0) is 24.1 Å². The van der Waals surface area contributed by atoms with Crippen LogP contribution in [-0.4, -0.2) is 48.5 Å². The van der Waals surface area contributed by atoms with Crippen molar-refractivity contribution in [3.63, 3.8) is 0 Å². The Kier molecular flexibility index (Phi) is 4.85. The maximum absolute atomic E-state index is 13.1. The van der Waals surface area contributed by atoms with E-state index in [9.17, 15) is 22.4 Å². The van der Waals surface area contributed by atoms with Gasteiger partial charge in [0, 0.05) is 19.4 Å². The molecule has 0 aromatic heterocycles. The fourth-order valence-corrected chi connectivity index (χ4v) is 4.61. The van der Waals surface area contributed by atoms with Gasteiger partial charge >= 0.3 is 0 Å². The normalized spacial score (nSPS) is 22.6. The summed E-state index contributed by atoms with van der Waals surface area (Å²) < 4.78 is 36.3. The predicted molar refractivity (Wildman–Crippen MR) is 88.8 cm³/mol. The first-order chi connectivity index (χ1) is 11.8. The fourth-order valence-electron chi connectivity index (χ4n) is 2.92. The summed E-state index contributed by atoms with van der Waals surface area (Å²) in [6.07, 6.45) is 0.641.